The Morgan fingerprint density at radius 3 is 2.88 bits per heavy atom. The fourth-order valence-electron chi connectivity index (χ4n) is 2.36. The van der Waals surface area contributed by atoms with E-state index in [0.717, 1.165) is 30.7 Å². The Morgan fingerprint density at radius 2 is 2.21 bits per heavy atom. The summed E-state index contributed by atoms with van der Waals surface area (Å²) < 4.78 is 10.8. The molecule has 0 saturated carbocycles. The standard InChI is InChI=1S/C17H25N3O3S/c1-4-6-7-13(5-2)10-18-15(21)11-24-17-20-19-16(23-17)14-8-9-22-12(14)3/h8-9,13H,4-7,10-11H2,1-3H3,(H,18,21)/t13-/m0/s1. The van der Waals surface area contributed by atoms with Gasteiger partial charge in [0.2, 0.25) is 5.91 Å². The lowest BCUT2D eigenvalue weighted by molar-refractivity contribution is -0.118. The van der Waals surface area contributed by atoms with Crippen LogP contribution in [0.15, 0.2) is 26.4 Å². The molecule has 0 unspecified atom stereocenters. The van der Waals surface area contributed by atoms with Crippen LogP contribution < -0.4 is 5.32 Å². The Morgan fingerprint density at radius 1 is 1.38 bits per heavy atom. The van der Waals surface area contributed by atoms with Crippen molar-refractivity contribution >= 4 is 17.7 Å². The van der Waals surface area contributed by atoms with E-state index in [-0.39, 0.29) is 11.7 Å². The van der Waals surface area contributed by atoms with Gasteiger partial charge >= 0.3 is 0 Å². The first-order valence-corrected chi connectivity index (χ1v) is 9.40. The fraction of sp³-hybridized carbons (Fsp3) is 0.588. The van der Waals surface area contributed by atoms with E-state index in [1.807, 2.05) is 6.92 Å². The maximum absolute atomic E-state index is 12.0. The van der Waals surface area contributed by atoms with Crippen LogP contribution in [0.3, 0.4) is 0 Å². The van der Waals surface area contributed by atoms with Gasteiger partial charge in [-0.1, -0.05) is 44.9 Å². The Balaban J connectivity index is 1.76. The summed E-state index contributed by atoms with van der Waals surface area (Å²) in [6.45, 7) is 6.92. The maximum atomic E-state index is 12.0. The van der Waals surface area contributed by atoms with Crippen LogP contribution in [0.5, 0.6) is 0 Å². The topological polar surface area (TPSA) is 81.2 Å². The van der Waals surface area contributed by atoms with E-state index in [0.29, 0.717) is 17.0 Å². The van der Waals surface area contributed by atoms with E-state index in [4.69, 9.17) is 8.83 Å². The van der Waals surface area contributed by atoms with Crippen LogP contribution in [0.1, 0.15) is 45.3 Å². The number of hydrogen-bond acceptors (Lipinski definition) is 6. The van der Waals surface area contributed by atoms with Gasteiger partial charge in [0.25, 0.3) is 11.1 Å². The molecule has 2 heterocycles. The Hall–Kier alpha value is -1.76. The number of nitrogens with zero attached hydrogens (tertiary/aromatic N) is 2. The number of unbranched alkanes of at least 4 members (excludes halogenated alkanes) is 1. The van der Waals surface area contributed by atoms with Crippen molar-refractivity contribution in [3.05, 3.63) is 18.1 Å². The first-order valence-electron chi connectivity index (χ1n) is 8.41. The lowest BCUT2D eigenvalue weighted by Gasteiger charge is -2.14. The third-order valence-electron chi connectivity index (χ3n) is 3.95. The van der Waals surface area contributed by atoms with Crippen LogP contribution in [0, 0.1) is 12.8 Å². The lowest BCUT2D eigenvalue weighted by Crippen LogP contribution is -2.30. The van der Waals surface area contributed by atoms with Crippen LogP contribution in [-0.2, 0) is 4.79 Å². The second kappa shape index (κ2) is 9.52. The molecule has 0 aliphatic rings. The molecule has 2 rings (SSSR count). The summed E-state index contributed by atoms with van der Waals surface area (Å²) in [6.07, 6.45) is 6.23. The van der Waals surface area contributed by atoms with Gasteiger partial charge in [0.15, 0.2) is 0 Å². The average Bonchev–Trinajstić information content (AvgIpc) is 3.21. The third-order valence-corrected chi connectivity index (χ3v) is 4.77. The normalized spacial score (nSPS) is 12.3. The molecule has 0 saturated heterocycles. The minimum absolute atomic E-state index is 0.00538. The molecule has 24 heavy (non-hydrogen) atoms. The van der Waals surface area contributed by atoms with Gasteiger partial charge in [-0.3, -0.25) is 4.79 Å². The van der Waals surface area contributed by atoms with Gasteiger partial charge in [-0.15, -0.1) is 10.2 Å². The number of amides is 1. The predicted octanol–water partition coefficient (Wildman–Crippen LogP) is 4.06. The van der Waals surface area contributed by atoms with Gasteiger partial charge in [-0.25, -0.2) is 0 Å². The van der Waals surface area contributed by atoms with Crippen LogP contribution in [0.2, 0.25) is 0 Å². The maximum Gasteiger partial charge on any atom is 0.277 e. The highest BCUT2D eigenvalue weighted by Gasteiger charge is 2.15. The minimum Gasteiger partial charge on any atom is -0.469 e. The molecule has 0 bridgehead atoms. The Kier molecular flexibility index (Phi) is 7.36. The molecule has 1 atom stereocenters. The van der Waals surface area contributed by atoms with E-state index in [9.17, 15) is 4.79 Å². The molecule has 0 aromatic carbocycles. The number of thioether (sulfide) groups is 1. The highest BCUT2D eigenvalue weighted by molar-refractivity contribution is 7.99. The van der Waals surface area contributed by atoms with E-state index in [2.05, 4.69) is 29.4 Å². The monoisotopic (exact) mass is 351 g/mol. The van der Waals surface area contributed by atoms with E-state index in [1.54, 1.807) is 12.3 Å². The number of aromatic nitrogens is 2. The summed E-state index contributed by atoms with van der Waals surface area (Å²) in [7, 11) is 0. The summed E-state index contributed by atoms with van der Waals surface area (Å²) in [4.78, 5) is 12.0. The van der Waals surface area contributed by atoms with Gasteiger partial charge in [-0.05, 0) is 25.3 Å². The number of aryl methyl sites for hydroxylation is 1. The summed E-state index contributed by atoms with van der Waals surface area (Å²) >= 11 is 1.25. The third kappa shape index (κ3) is 5.40. The molecular formula is C17H25N3O3S. The second-order valence-electron chi connectivity index (χ2n) is 5.77. The SMILES string of the molecule is CCCC[C@H](CC)CNC(=O)CSc1nnc(-c2ccoc2C)o1. The number of nitrogens with one attached hydrogen (secondary N) is 1. The second-order valence-corrected chi connectivity index (χ2v) is 6.70. The number of rotatable bonds is 10. The van der Waals surface area contributed by atoms with Crippen molar-refractivity contribution in [3.63, 3.8) is 0 Å². The van der Waals surface area contributed by atoms with Crippen molar-refractivity contribution in [1.82, 2.24) is 15.5 Å². The largest absolute Gasteiger partial charge is 0.469 e. The van der Waals surface area contributed by atoms with E-state index >= 15 is 0 Å². The molecule has 2 aromatic rings. The van der Waals surface area contributed by atoms with Gasteiger partial charge in [-0.2, -0.15) is 0 Å². The van der Waals surface area contributed by atoms with Crippen molar-refractivity contribution in [3.8, 4) is 11.5 Å². The molecule has 6 nitrogen and oxygen atoms in total. The summed E-state index contributed by atoms with van der Waals surface area (Å²) in [5.41, 5.74) is 0.778. The van der Waals surface area contributed by atoms with Crippen molar-refractivity contribution < 1.29 is 13.6 Å². The zero-order valence-corrected chi connectivity index (χ0v) is 15.3. The van der Waals surface area contributed by atoms with Crippen LogP contribution in [0.4, 0.5) is 0 Å². The zero-order valence-electron chi connectivity index (χ0n) is 14.5. The molecule has 7 heteroatoms. The Labute approximate surface area is 146 Å². The summed E-state index contributed by atoms with van der Waals surface area (Å²) in [6, 6.07) is 1.78. The van der Waals surface area contributed by atoms with Crippen LogP contribution >= 0.6 is 11.8 Å². The molecular weight excluding hydrogens is 326 g/mol. The van der Waals surface area contributed by atoms with Gasteiger partial charge in [0, 0.05) is 6.54 Å². The van der Waals surface area contributed by atoms with Gasteiger partial charge in [0.05, 0.1) is 17.6 Å². The summed E-state index contributed by atoms with van der Waals surface area (Å²) in [5.74, 6) is 1.96. The van der Waals surface area contributed by atoms with Crippen molar-refractivity contribution in [2.24, 2.45) is 5.92 Å². The predicted molar refractivity (Wildman–Crippen MR) is 93.8 cm³/mol. The zero-order chi connectivity index (χ0) is 17.4. The first-order chi connectivity index (χ1) is 11.6. The average molecular weight is 351 g/mol. The van der Waals surface area contributed by atoms with Crippen molar-refractivity contribution in [2.75, 3.05) is 12.3 Å². The lowest BCUT2D eigenvalue weighted by atomic mass is 9.99. The number of hydrogen-bond donors (Lipinski definition) is 1. The van der Waals surface area contributed by atoms with Gasteiger partial charge < -0.3 is 14.2 Å². The van der Waals surface area contributed by atoms with Crippen molar-refractivity contribution in [2.45, 2.75) is 51.7 Å². The minimum atomic E-state index is -0.00538. The molecule has 0 aliphatic heterocycles. The fourth-order valence-corrected chi connectivity index (χ4v) is 2.96. The van der Waals surface area contributed by atoms with Gasteiger partial charge in [0.1, 0.15) is 5.76 Å². The van der Waals surface area contributed by atoms with E-state index in [1.165, 1.54) is 24.6 Å². The van der Waals surface area contributed by atoms with E-state index < -0.39 is 0 Å². The molecule has 0 spiro atoms. The first kappa shape index (κ1) is 18.6. The smallest absolute Gasteiger partial charge is 0.277 e. The molecule has 132 valence electrons. The van der Waals surface area contributed by atoms with Crippen LogP contribution in [0.25, 0.3) is 11.5 Å². The molecule has 2 aromatic heterocycles. The highest BCUT2D eigenvalue weighted by Crippen LogP contribution is 2.26. The molecule has 0 aliphatic carbocycles. The molecule has 0 radical (unpaired) electrons. The molecule has 1 N–H and O–H groups in total. The Bertz CT molecular complexity index is 639. The number of carbonyl (C=O) groups is 1. The quantitative estimate of drug-likeness (QED) is 0.650. The summed E-state index contributed by atoms with van der Waals surface area (Å²) in [5, 5.41) is 11.3. The number of furan rings is 1. The highest BCUT2D eigenvalue weighted by atomic mass is 32.2. The number of carbonyl (C=O) groups excluding carboxylic acids is 1. The van der Waals surface area contributed by atoms with Crippen molar-refractivity contribution in [1.29, 1.82) is 0 Å². The molecule has 1 amide bonds. The molecule has 0 fully saturated rings. The van der Waals surface area contributed by atoms with Crippen LogP contribution in [-0.4, -0.2) is 28.4 Å².